The predicted octanol–water partition coefficient (Wildman–Crippen LogP) is 18.4. The molecule has 2 heteroatoms. The summed E-state index contributed by atoms with van der Waals surface area (Å²) in [4.78, 5) is 4.86. The van der Waals surface area contributed by atoms with Gasteiger partial charge in [-0.05, 0) is 202 Å². The second kappa shape index (κ2) is 16.6. The van der Waals surface area contributed by atoms with E-state index in [1.165, 1.54) is 98.7 Å². The van der Waals surface area contributed by atoms with Crippen molar-refractivity contribution >= 4 is 77.2 Å². The van der Waals surface area contributed by atoms with Crippen LogP contribution in [0.4, 0.5) is 34.1 Å². The van der Waals surface area contributed by atoms with E-state index in [4.69, 9.17) is 0 Å². The highest BCUT2D eigenvalue weighted by Crippen LogP contribution is 2.50. The molecule has 66 heavy (non-hydrogen) atoms. The zero-order valence-corrected chi connectivity index (χ0v) is 38.5. The first-order valence-electron chi connectivity index (χ1n) is 23.1. The van der Waals surface area contributed by atoms with Crippen molar-refractivity contribution in [3.8, 4) is 22.3 Å². The van der Waals surface area contributed by atoms with E-state index in [-0.39, 0.29) is 0 Å². The number of rotatable bonds is 8. The second-order valence-corrected chi connectivity index (χ2v) is 18.3. The van der Waals surface area contributed by atoms with Crippen molar-refractivity contribution in [3.63, 3.8) is 0 Å². The molecule has 0 saturated heterocycles. The van der Waals surface area contributed by atoms with Gasteiger partial charge in [-0.3, -0.25) is 0 Å². The Balaban J connectivity index is 1.30. The highest BCUT2D eigenvalue weighted by atomic mass is 15.1. The second-order valence-electron chi connectivity index (χ2n) is 18.3. The van der Waals surface area contributed by atoms with Gasteiger partial charge in [-0.1, -0.05) is 145 Å². The molecule has 0 radical (unpaired) electrons. The first-order valence-corrected chi connectivity index (χ1v) is 23.1. The van der Waals surface area contributed by atoms with Crippen LogP contribution in [0.3, 0.4) is 0 Å². The molecule has 0 aliphatic carbocycles. The summed E-state index contributed by atoms with van der Waals surface area (Å²) < 4.78 is 0. The Bertz CT molecular complexity index is 3360. The third-order valence-electron chi connectivity index (χ3n) is 13.2. The number of anilines is 6. The molecule has 0 aliphatic rings. The normalized spacial score (nSPS) is 11.5. The van der Waals surface area contributed by atoms with Gasteiger partial charge in [-0.25, -0.2) is 0 Å². The third-order valence-corrected chi connectivity index (χ3v) is 13.2. The monoisotopic (exact) mass is 848 g/mol. The maximum atomic E-state index is 2.46. The van der Waals surface area contributed by atoms with Crippen LogP contribution in [0.2, 0.25) is 0 Å². The Morgan fingerprint density at radius 3 is 0.970 bits per heavy atom. The summed E-state index contributed by atoms with van der Waals surface area (Å²) in [5, 5.41) is 9.74. The fourth-order valence-electron chi connectivity index (χ4n) is 10.4. The molecule has 11 aromatic rings. The molecule has 0 bridgehead atoms. The zero-order valence-electron chi connectivity index (χ0n) is 38.5. The Labute approximate surface area is 388 Å². The van der Waals surface area contributed by atoms with Crippen LogP contribution >= 0.6 is 0 Å². The fourth-order valence-corrected chi connectivity index (χ4v) is 10.4. The highest BCUT2D eigenvalue weighted by molar-refractivity contribution is 6.26. The number of hydrogen-bond donors (Lipinski definition) is 0. The van der Waals surface area contributed by atoms with Gasteiger partial charge in [0.15, 0.2) is 0 Å². The minimum absolute atomic E-state index is 1.11. The third kappa shape index (κ3) is 7.35. The van der Waals surface area contributed by atoms with Crippen LogP contribution < -0.4 is 9.80 Å². The van der Waals surface area contributed by atoms with Crippen molar-refractivity contribution < 1.29 is 0 Å². The van der Waals surface area contributed by atoms with Crippen LogP contribution in [0, 0.1) is 41.5 Å². The van der Waals surface area contributed by atoms with E-state index in [0.29, 0.717) is 0 Å². The molecule has 11 rings (SSSR count). The lowest BCUT2D eigenvalue weighted by molar-refractivity contribution is 1.25. The van der Waals surface area contributed by atoms with E-state index in [1.807, 2.05) is 0 Å². The first kappa shape index (κ1) is 40.8. The number of benzene rings is 11. The van der Waals surface area contributed by atoms with Gasteiger partial charge in [-0.2, -0.15) is 0 Å². The average molecular weight is 849 g/mol. The Kier molecular flexibility index (Phi) is 10.2. The molecule has 11 aromatic carbocycles. The summed E-state index contributed by atoms with van der Waals surface area (Å²) in [5.74, 6) is 0. The average Bonchev–Trinajstić information content (AvgIpc) is 3.31. The molecule has 0 aromatic heterocycles. The molecule has 0 spiro atoms. The van der Waals surface area contributed by atoms with E-state index >= 15 is 0 Å². The molecule has 2 nitrogen and oxygen atoms in total. The standard InChI is InChI=1S/C64H52N2/c1-41-21-25-49(26-22-41)65(53-35-43(3)33-44(4)36-53)51-29-31-59-61(39-51)63(57-19-11-15-47-13-7-9-17-55(47)57)60-32-30-52(40-62(60)64(59)58-20-12-16-48-14-8-10-18-56(48)58)66(50-27-23-42(2)24-28-50)54-37-45(5)34-46(6)38-54/h7-40H,1-6H3. The summed E-state index contributed by atoms with van der Waals surface area (Å²) >= 11 is 0. The molecule has 0 N–H and O–H groups in total. The lowest BCUT2D eigenvalue weighted by Crippen LogP contribution is -2.11. The van der Waals surface area contributed by atoms with E-state index < -0.39 is 0 Å². The summed E-state index contributed by atoms with van der Waals surface area (Å²) in [6, 6.07) is 77.2. The lowest BCUT2D eigenvalue weighted by atomic mass is 9.83. The molecule has 0 atom stereocenters. The molecule has 0 amide bonds. The minimum Gasteiger partial charge on any atom is -0.310 e. The summed E-state index contributed by atoms with van der Waals surface area (Å²) in [6.45, 7) is 13.1. The molecule has 318 valence electrons. The zero-order chi connectivity index (χ0) is 45.1. The lowest BCUT2D eigenvalue weighted by Gasteiger charge is -2.29. The van der Waals surface area contributed by atoms with Crippen LogP contribution in [0.15, 0.2) is 206 Å². The van der Waals surface area contributed by atoms with Crippen molar-refractivity contribution in [1.82, 2.24) is 0 Å². The smallest absolute Gasteiger partial charge is 0.0468 e. The molecular weight excluding hydrogens is 797 g/mol. The van der Waals surface area contributed by atoms with Crippen molar-refractivity contribution in [1.29, 1.82) is 0 Å². The van der Waals surface area contributed by atoms with Crippen LogP contribution in [-0.4, -0.2) is 0 Å². The Morgan fingerprint density at radius 1 is 0.227 bits per heavy atom. The summed E-state index contributed by atoms with van der Waals surface area (Å²) in [5.41, 5.74) is 19.1. The van der Waals surface area contributed by atoms with Gasteiger partial charge in [0.1, 0.15) is 0 Å². The van der Waals surface area contributed by atoms with Crippen molar-refractivity contribution in [2.24, 2.45) is 0 Å². The van der Waals surface area contributed by atoms with Gasteiger partial charge in [-0.15, -0.1) is 0 Å². The van der Waals surface area contributed by atoms with E-state index in [2.05, 4.69) is 258 Å². The van der Waals surface area contributed by atoms with Crippen LogP contribution in [0.1, 0.15) is 33.4 Å². The molecule has 0 fully saturated rings. The number of fused-ring (bicyclic) bond motifs is 4. The van der Waals surface area contributed by atoms with Crippen LogP contribution in [0.5, 0.6) is 0 Å². The largest absolute Gasteiger partial charge is 0.310 e. The Hall–Kier alpha value is -7.94. The van der Waals surface area contributed by atoms with Gasteiger partial charge in [0.2, 0.25) is 0 Å². The fraction of sp³-hybridized carbons (Fsp3) is 0.0938. The van der Waals surface area contributed by atoms with Gasteiger partial charge >= 0.3 is 0 Å². The molecule has 0 heterocycles. The predicted molar refractivity (Wildman–Crippen MR) is 285 cm³/mol. The highest BCUT2D eigenvalue weighted by Gasteiger charge is 2.24. The minimum atomic E-state index is 1.11. The van der Waals surface area contributed by atoms with Crippen LogP contribution in [-0.2, 0) is 0 Å². The summed E-state index contributed by atoms with van der Waals surface area (Å²) in [7, 11) is 0. The topological polar surface area (TPSA) is 6.48 Å². The SMILES string of the molecule is Cc1ccc(N(c2cc(C)cc(C)c2)c2ccc3c(-c4cccc5ccccc45)c4cc(N(c5ccc(C)cc5)c5cc(C)cc(C)c5)ccc4c(-c4cccc5ccccc45)c3c2)cc1. The van der Waals surface area contributed by atoms with E-state index in [0.717, 1.165) is 34.1 Å². The molecule has 0 saturated carbocycles. The number of hydrogen-bond acceptors (Lipinski definition) is 2. The first-order chi connectivity index (χ1) is 32.2. The van der Waals surface area contributed by atoms with Crippen LogP contribution in [0.25, 0.3) is 65.3 Å². The van der Waals surface area contributed by atoms with Gasteiger partial charge in [0, 0.05) is 34.1 Å². The quantitative estimate of drug-likeness (QED) is 0.141. The van der Waals surface area contributed by atoms with Gasteiger partial charge in [0.05, 0.1) is 0 Å². The maximum Gasteiger partial charge on any atom is 0.0468 e. The van der Waals surface area contributed by atoms with Crippen molar-refractivity contribution in [3.05, 3.63) is 240 Å². The molecular formula is C64H52N2. The number of nitrogens with zero attached hydrogens (tertiary/aromatic N) is 2. The maximum absolute atomic E-state index is 2.46. The summed E-state index contributed by atoms with van der Waals surface area (Å²) in [6.07, 6.45) is 0. The Morgan fingerprint density at radius 2 is 0.576 bits per heavy atom. The van der Waals surface area contributed by atoms with Gasteiger partial charge < -0.3 is 9.80 Å². The molecule has 0 unspecified atom stereocenters. The van der Waals surface area contributed by atoms with E-state index in [9.17, 15) is 0 Å². The molecule has 0 aliphatic heterocycles. The van der Waals surface area contributed by atoms with Crippen molar-refractivity contribution in [2.45, 2.75) is 41.5 Å². The van der Waals surface area contributed by atoms with Gasteiger partial charge in [0.25, 0.3) is 0 Å². The van der Waals surface area contributed by atoms with E-state index in [1.54, 1.807) is 0 Å². The number of aryl methyl sites for hydroxylation is 6. The van der Waals surface area contributed by atoms with Crippen molar-refractivity contribution in [2.75, 3.05) is 9.80 Å².